The number of nitrogens with one attached hydrogen (secondary N) is 1. The maximum Gasteiger partial charge on any atom is 0.257 e. The van der Waals surface area contributed by atoms with Gasteiger partial charge in [-0.1, -0.05) is 18.2 Å². The number of aromatic nitrogens is 1. The number of anilines is 1. The van der Waals surface area contributed by atoms with Gasteiger partial charge in [0.15, 0.2) is 0 Å². The van der Waals surface area contributed by atoms with E-state index in [1.807, 2.05) is 32.0 Å². The lowest BCUT2D eigenvalue weighted by Crippen LogP contribution is -2.39. The van der Waals surface area contributed by atoms with E-state index in [4.69, 9.17) is 5.73 Å². The van der Waals surface area contributed by atoms with Gasteiger partial charge in [-0.25, -0.2) is 0 Å². The van der Waals surface area contributed by atoms with E-state index in [-0.39, 0.29) is 17.7 Å². The molecule has 0 bridgehead atoms. The lowest BCUT2D eigenvalue weighted by Gasteiger charge is -2.30. The zero-order valence-electron chi connectivity index (χ0n) is 19.3. The molecule has 0 radical (unpaired) electrons. The largest absolute Gasteiger partial charge is 0.369 e. The first-order chi connectivity index (χ1) is 15.9. The summed E-state index contributed by atoms with van der Waals surface area (Å²) < 4.78 is 2.19. The van der Waals surface area contributed by atoms with E-state index in [9.17, 15) is 9.59 Å². The third-order valence-corrected chi connectivity index (χ3v) is 7.49. The molecule has 1 aliphatic heterocycles. The van der Waals surface area contributed by atoms with Crippen molar-refractivity contribution in [2.24, 2.45) is 11.7 Å². The quantitative estimate of drug-likeness (QED) is 0.524. The second kappa shape index (κ2) is 10.4. The first kappa shape index (κ1) is 23.3. The molecule has 33 heavy (non-hydrogen) atoms. The van der Waals surface area contributed by atoms with Crippen LogP contribution in [0.25, 0.3) is 0 Å². The van der Waals surface area contributed by atoms with Crippen LogP contribution in [0.15, 0.2) is 47.8 Å². The number of rotatable bonds is 8. The maximum atomic E-state index is 12.9. The van der Waals surface area contributed by atoms with Gasteiger partial charge in [-0.15, -0.1) is 11.3 Å². The van der Waals surface area contributed by atoms with Crippen molar-refractivity contribution in [1.82, 2.24) is 9.47 Å². The summed E-state index contributed by atoms with van der Waals surface area (Å²) in [5.41, 5.74) is 10.2. The first-order valence-electron chi connectivity index (χ1n) is 11.5. The zero-order chi connectivity index (χ0) is 23.4. The van der Waals surface area contributed by atoms with E-state index in [2.05, 4.69) is 44.4 Å². The van der Waals surface area contributed by atoms with Crippen molar-refractivity contribution in [3.8, 4) is 0 Å². The molecule has 1 saturated heterocycles. The molecule has 174 valence electrons. The molecule has 0 unspecified atom stereocenters. The van der Waals surface area contributed by atoms with Crippen LogP contribution < -0.4 is 11.1 Å². The Balaban J connectivity index is 1.31. The molecule has 1 aromatic carbocycles. The number of hydrogen-bond acceptors (Lipinski definition) is 4. The third kappa shape index (κ3) is 5.72. The van der Waals surface area contributed by atoms with Crippen LogP contribution in [0, 0.1) is 19.8 Å². The number of carbonyl (C=O) groups excluding carboxylic acids is 2. The van der Waals surface area contributed by atoms with E-state index in [1.165, 1.54) is 10.4 Å². The van der Waals surface area contributed by atoms with Crippen LogP contribution in [0.5, 0.6) is 0 Å². The molecule has 4 rings (SSSR count). The molecule has 3 heterocycles. The van der Waals surface area contributed by atoms with Gasteiger partial charge in [0.05, 0.1) is 12.1 Å². The van der Waals surface area contributed by atoms with Crippen molar-refractivity contribution in [2.45, 2.75) is 39.7 Å². The number of amides is 2. The summed E-state index contributed by atoms with van der Waals surface area (Å²) in [6.45, 7) is 7.65. The Morgan fingerprint density at radius 2 is 1.85 bits per heavy atom. The second-order valence-corrected chi connectivity index (χ2v) is 9.90. The number of likely N-dealkylation sites (tertiary alicyclic amines) is 1. The molecular formula is C26H32N4O2S. The highest BCUT2D eigenvalue weighted by atomic mass is 32.1. The fraction of sp³-hybridized carbons (Fsp3) is 0.385. The number of benzene rings is 1. The SMILES string of the molecule is Cc1cc(C(=O)Nc2ccc(CCN3CCC(C(N)=O)CC3)cc2)c(C)n1Cc1cccs1. The van der Waals surface area contributed by atoms with Gasteiger partial charge in [0, 0.05) is 34.4 Å². The smallest absolute Gasteiger partial charge is 0.257 e. The number of hydrogen-bond donors (Lipinski definition) is 2. The maximum absolute atomic E-state index is 12.9. The molecule has 0 spiro atoms. The van der Waals surface area contributed by atoms with Crippen molar-refractivity contribution in [3.05, 3.63) is 75.2 Å². The Morgan fingerprint density at radius 3 is 2.48 bits per heavy atom. The minimum Gasteiger partial charge on any atom is -0.369 e. The van der Waals surface area contributed by atoms with Crippen molar-refractivity contribution in [2.75, 3.05) is 25.0 Å². The summed E-state index contributed by atoms with van der Waals surface area (Å²) >= 11 is 1.73. The number of aryl methyl sites for hydroxylation is 1. The summed E-state index contributed by atoms with van der Waals surface area (Å²) in [6, 6.07) is 14.2. The highest BCUT2D eigenvalue weighted by Crippen LogP contribution is 2.21. The standard InChI is InChI=1S/C26H32N4O2S/c1-18-16-24(19(2)30(18)17-23-4-3-15-33-23)26(32)28-22-7-5-20(6-8-22)9-12-29-13-10-21(11-14-29)25(27)31/h3-8,15-16,21H,9-14,17H2,1-2H3,(H2,27,31)(H,28,32). The summed E-state index contributed by atoms with van der Waals surface area (Å²) in [5.74, 6) is -0.216. The average Bonchev–Trinajstić information content (AvgIpc) is 3.43. The number of nitrogens with two attached hydrogens (primary N) is 1. The predicted octanol–water partition coefficient (Wildman–Crippen LogP) is 4.21. The molecule has 3 N–H and O–H groups in total. The number of piperidine rings is 1. The van der Waals surface area contributed by atoms with Crippen LogP contribution in [0.4, 0.5) is 5.69 Å². The summed E-state index contributed by atoms with van der Waals surface area (Å²) in [5, 5.41) is 5.12. The molecule has 0 saturated carbocycles. The van der Waals surface area contributed by atoms with Crippen molar-refractivity contribution in [3.63, 3.8) is 0 Å². The van der Waals surface area contributed by atoms with Crippen LogP contribution in [-0.4, -0.2) is 40.9 Å². The van der Waals surface area contributed by atoms with Crippen molar-refractivity contribution >= 4 is 28.8 Å². The number of carbonyl (C=O) groups is 2. The van der Waals surface area contributed by atoms with Gasteiger partial charge in [-0.05, 0) is 81.4 Å². The molecule has 0 atom stereocenters. The molecule has 2 aromatic heterocycles. The lowest BCUT2D eigenvalue weighted by atomic mass is 9.96. The molecule has 6 nitrogen and oxygen atoms in total. The van der Waals surface area contributed by atoms with Crippen LogP contribution in [0.2, 0.25) is 0 Å². The summed E-state index contributed by atoms with van der Waals surface area (Å²) in [6.07, 6.45) is 2.65. The molecule has 2 amide bonds. The predicted molar refractivity (Wildman–Crippen MR) is 134 cm³/mol. The first-order valence-corrected chi connectivity index (χ1v) is 12.4. The molecule has 1 aliphatic rings. The Hall–Kier alpha value is -2.90. The van der Waals surface area contributed by atoms with E-state index in [0.717, 1.165) is 62.5 Å². The highest BCUT2D eigenvalue weighted by Gasteiger charge is 2.22. The highest BCUT2D eigenvalue weighted by molar-refractivity contribution is 7.09. The molecular weight excluding hydrogens is 432 g/mol. The summed E-state index contributed by atoms with van der Waals surface area (Å²) in [4.78, 5) is 27.9. The number of nitrogens with zero attached hydrogens (tertiary/aromatic N) is 2. The average molecular weight is 465 g/mol. The third-order valence-electron chi connectivity index (χ3n) is 6.63. The number of primary amides is 1. The topological polar surface area (TPSA) is 80.4 Å². The van der Waals surface area contributed by atoms with Crippen LogP contribution in [0.3, 0.4) is 0 Å². The lowest BCUT2D eigenvalue weighted by molar-refractivity contribution is -0.123. The van der Waals surface area contributed by atoms with Crippen LogP contribution in [0.1, 0.15) is 45.0 Å². The van der Waals surface area contributed by atoms with E-state index in [0.29, 0.717) is 5.56 Å². The van der Waals surface area contributed by atoms with Gasteiger partial charge in [-0.2, -0.15) is 0 Å². The minimum atomic E-state index is -0.170. The van der Waals surface area contributed by atoms with E-state index >= 15 is 0 Å². The van der Waals surface area contributed by atoms with Crippen LogP contribution in [-0.2, 0) is 17.8 Å². The molecule has 0 aliphatic carbocycles. The van der Waals surface area contributed by atoms with Crippen molar-refractivity contribution in [1.29, 1.82) is 0 Å². The zero-order valence-corrected chi connectivity index (χ0v) is 20.2. The molecule has 7 heteroatoms. The monoisotopic (exact) mass is 464 g/mol. The van der Waals surface area contributed by atoms with Gasteiger partial charge >= 0.3 is 0 Å². The Kier molecular flexibility index (Phi) is 7.30. The van der Waals surface area contributed by atoms with Gasteiger partial charge in [0.2, 0.25) is 5.91 Å². The minimum absolute atomic E-state index is 0.0316. The Morgan fingerprint density at radius 1 is 1.12 bits per heavy atom. The van der Waals surface area contributed by atoms with Gasteiger partial charge < -0.3 is 20.5 Å². The fourth-order valence-corrected chi connectivity index (χ4v) is 5.21. The number of thiophene rings is 1. The van der Waals surface area contributed by atoms with E-state index in [1.54, 1.807) is 11.3 Å². The normalized spacial score (nSPS) is 15.0. The Labute approximate surface area is 199 Å². The summed E-state index contributed by atoms with van der Waals surface area (Å²) in [7, 11) is 0. The van der Waals surface area contributed by atoms with Gasteiger partial charge in [0.1, 0.15) is 0 Å². The van der Waals surface area contributed by atoms with E-state index < -0.39 is 0 Å². The van der Waals surface area contributed by atoms with Crippen LogP contribution >= 0.6 is 11.3 Å². The van der Waals surface area contributed by atoms with Gasteiger partial charge in [-0.3, -0.25) is 9.59 Å². The van der Waals surface area contributed by atoms with Gasteiger partial charge in [0.25, 0.3) is 5.91 Å². The van der Waals surface area contributed by atoms with Crippen molar-refractivity contribution < 1.29 is 9.59 Å². The fourth-order valence-electron chi connectivity index (χ4n) is 4.51. The molecule has 1 fully saturated rings. The second-order valence-electron chi connectivity index (χ2n) is 8.87. The Bertz CT molecular complexity index is 1090. The molecule has 3 aromatic rings.